The molecule has 4 rings (SSSR count). The number of alkyl halides is 3. The SMILES string of the molecule is CN(C)c1nc(NC2CCC(CNC(=O)Nc3c(Cl)cccc3C(F)(F)F)CC2)nc2ccccc12. The highest BCUT2D eigenvalue weighted by Crippen LogP contribution is 2.38. The number of halogens is 4. The summed E-state index contributed by atoms with van der Waals surface area (Å²) >= 11 is 5.91. The molecule has 36 heavy (non-hydrogen) atoms. The maximum atomic E-state index is 13.2. The Hall–Kier alpha value is -3.27. The number of urea groups is 1. The van der Waals surface area contributed by atoms with Crippen molar-refractivity contribution >= 4 is 46.0 Å². The van der Waals surface area contributed by atoms with Gasteiger partial charge in [0.05, 0.1) is 21.8 Å². The topological polar surface area (TPSA) is 82.2 Å². The number of benzene rings is 2. The minimum atomic E-state index is -4.62. The van der Waals surface area contributed by atoms with Crippen LogP contribution in [0.1, 0.15) is 31.2 Å². The van der Waals surface area contributed by atoms with Crippen LogP contribution in [0.25, 0.3) is 10.9 Å². The average Bonchev–Trinajstić information content (AvgIpc) is 2.83. The van der Waals surface area contributed by atoms with Crippen LogP contribution in [0.5, 0.6) is 0 Å². The van der Waals surface area contributed by atoms with E-state index in [1.165, 1.54) is 12.1 Å². The average molecular weight is 521 g/mol. The predicted octanol–water partition coefficient (Wildman–Crippen LogP) is 6.16. The fraction of sp³-hybridized carbons (Fsp3) is 0.400. The maximum Gasteiger partial charge on any atom is 0.418 e. The number of aromatic nitrogens is 2. The van der Waals surface area contributed by atoms with Gasteiger partial charge in [0.15, 0.2) is 0 Å². The molecule has 192 valence electrons. The first kappa shape index (κ1) is 25.8. The van der Waals surface area contributed by atoms with Crippen molar-refractivity contribution in [2.75, 3.05) is 36.2 Å². The van der Waals surface area contributed by atoms with Crippen LogP contribution in [-0.4, -0.2) is 42.7 Å². The summed E-state index contributed by atoms with van der Waals surface area (Å²) in [6.07, 6.45) is -1.19. The Morgan fingerprint density at radius 2 is 1.78 bits per heavy atom. The number of para-hydroxylation sites is 2. The van der Waals surface area contributed by atoms with Gasteiger partial charge in [-0.2, -0.15) is 18.2 Å². The van der Waals surface area contributed by atoms with Crippen LogP contribution < -0.4 is 20.9 Å². The number of nitrogens with one attached hydrogen (secondary N) is 3. The Bertz CT molecular complexity index is 1230. The standard InChI is InChI=1S/C25H28ClF3N6O/c1-35(2)22-17-6-3-4-9-20(17)32-23(34-22)31-16-12-10-15(11-13-16)14-30-24(36)33-21-18(25(27,28)29)7-5-8-19(21)26/h3-9,15-16H,10-14H2,1-2H3,(H2,30,33,36)(H,31,32,34). The van der Waals surface area contributed by atoms with E-state index in [-0.39, 0.29) is 17.0 Å². The second kappa shape index (κ2) is 10.8. The largest absolute Gasteiger partial charge is 0.418 e. The fourth-order valence-electron chi connectivity index (χ4n) is 4.44. The van der Waals surface area contributed by atoms with Crippen LogP contribution in [0.4, 0.5) is 35.4 Å². The normalized spacial score (nSPS) is 18.1. The van der Waals surface area contributed by atoms with Crippen molar-refractivity contribution < 1.29 is 18.0 Å². The van der Waals surface area contributed by atoms with Gasteiger partial charge in [0.1, 0.15) is 5.82 Å². The molecule has 1 aliphatic carbocycles. The van der Waals surface area contributed by atoms with E-state index in [1.54, 1.807) is 0 Å². The third-order valence-electron chi connectivity index (χ3n) is 6.30. The minimum absolute atomic E-state index is 0.167. The first-order chi connectivity index (χ1) is 17.1. The number of anilines is 3. The third-order valence-corrected chi connectivity index (χ3v) is 6.61. The zero-order valence-electron chi connectivity index (χ0n) is 20.0. The van der Waals surface area contributed by atoms with Crippen LogP contribution >= 0.6 is 11.6 Å². The molecule has 1 aliphatic rings. The van der Waals surface area contributed by atoms with E-state index in [9.17, 15) is 18.0 Å². The monoisotopic (exact) mass is 520 g/mol. The molecule has 2 aromatic carbocycles. The summed E-state index contributed by atoms with van der Waals surface area (Å²) in [5.74, 6) is 1.65. The molecule has 0 unspecified atom stereocenters. The van der Waals surface area contributed by atoms with E-state index in [0.717, 1.165) is 48.5 Å². The highest BCUT2D eigenvalue weighted by atomic mass is 35.5. The molecule has 0 radical (unpaired) electrons. The predicted molar refractivity (Wildman–Crippen MR) is 137 cm³/mol. The number of carbonyl (C=O) groups excluding carboxylic acids is 1. The summed E-state index contributed by atoms with van der Waals surface area (Å²) in [6.45, 7) is 0.363. The van der Waals surface area contributed by atoms with Crippen molar-refractivity contribution in [2.45, 2.75) is 37.9 Å². The van der Waals surface area contributed by atoms with Gasteiger partial charge in [-0.1, -0.05) is 29.8 Å². The number of carbonyl (C=O) groups is 1. The lowest BCUT2D eigenvalue weighted by atomic mass is 9.86. The number of amides is 2. The molecular formula is C25H28ClF3N6O. The summed E-state index contributed by atoms with van der Waals surface area (Å²) in [7, 11) is 3.89. The van der Waals surface area contributed by atoms with Gasteiger partial charge in [0.25, 0.3) is 0 Å². The number of hydrogen-bond donors (Lipinski definition) is 3. The molecule has 2 amide bonds. The molecule has 0 bridgehead atoms. The van der Waals surface area contributed by atoms with Crippen molar-refractivity contribution in [1.29, 1.82) is 0 Å². The summed E-state index contributed by atoms with van der Waals surface area (Å²) in [5.41, 5.74) is -0.551. The van der Waals surface area contributed by atoms with E-state index in [1.807, 2.05) is 43.3 Å². The molecule has 0 saturated heterocycles. The quantitative estimate of drug-likeness (QED) is 0.362. The summed E-state index contributed by atoms with van der Waals surface area (Å²) in [6, 6.07) is 10.7. The van der Waals surface area contributed by atoms with E-state index >= 15 is 0 Å². The van der Waals surface area contributed by atoms with Crippen molar-refractivity contribution in [2.24, 2.45) is 5.92 Å². The lowest BCUT2D eigenvalue weighted by Gasteiger charge is -2.29. The zero-order chi connectivity index (χ0) is 25.9. The van der Waals surface area contributed by atoms with E-state index in [4.69, 9.17) is 16.6 Å². The van der Waals surface area contributed by atoms with Crippen LogP contribution in [0.3, 0.4) is 0 Å². The lowest BCUT2D eigenvalue weighted by Crippen LogP contribution is -2.36. The second-order valence-electron chi connectivity index (χ2n) is 9.14. The van der Waals surface area contributed by atoms with E-state index < -0.39 is 23.5 Å². The number of hydrogen-bond acceptors (Lipinski definition) is 5. The number of nitrogens with zero attached hydrogens (tertiary/aromatic N) is 3. The third kappa shape index (κ3) is 6.10. The highest BCUT2D eigenvalue weighted by molar-refractivity contribution is 6.33. The zero-order valence-corrected chi connectivity index (χ0v) is 20.7. The van der Waals surface area contributed by atoms with Crippen molar-refractivity contribution in [3.63, 3.8) is 0 Å². The number of rotatable bonds is 6. The lowest BCUT2D eigenvalue weighted by molar-refractivity contribution is -0.136. The molecule has 1 heterocycles. The van der Waals surface area contributed by atoms with Gasteiger partial charge in [-0.15, -0.1) is 0 Å². The van der Waals surface area contributed by atoms with Gasteiger partial charge >= 0.3 is 12.2 Å². The van der Waals surface area contributed by atoms with Crippen molar-refractivity contribution in [3.8, 4) is 0 Å². The minimum Gasteiger partial charge on any atom is -0.362 e. The van der Waals surface area contributed by atoms with Gasteiger partial charge in [-0.25, -0.2) is 9.78 Å². The van der Waals surface area contributed by atoms with Gasteiger partial charge in [0.2, 0.25) is 5.95 Å². The van der Waals surface area contributed by atoms with E-state index in [2.05, 4.69) is 20.9 Å². The molecule has 3 aromatic rings. The summed E-state index contributed by atoms with van der Waals surface area (Å²) < 4.78 is 39.7. The first-order valence-corrected chi connectivity index (χ1v) is 12.1. The summed E-state index contributed by atoms with van der Waals surface area (Å²) in [4.78, 5) is 23.6. The molecule has 11 heteroatoms. The molecule has 0 atom stereocenters. The van der Waals surface area contributed by atoms with Gasteiger partial charge in [0, 0.05) is 32.1 Å². The smallest absolute Gasteiger partial charge is 0.362 e. The molecule has 7 nitrogen and oxygen atoms in total. The fourth-order valence-corrected chi connectivity index (χ4v) is 4.66. The van der Waals surface area contributed by atoms with E-state index in [0.29, 0.717) is 12.5 Å². The molecule has 1 fully saturated rings. The van der Waals surface area contributed by atoms with Crippen LogP contribution in [0.15, 0.2) is 42.5 Å². The van der Waals surface area contributed by atoms with Crippen LogP contribution in [0.2, 0.25) is 5.02 Å². The Morgan fingerprint density at radius 1 is 1.06 bits per heavy atom. The summed E-state index contributed by atoms with van der Waals surface area (Å²) in [5, 5.41) is 9.21. The Kier molecular flexibility index (Phi) is 7.73. The van der Waals surface area contributed by atoms with Crippen LogP contribution in [0, 0.1) is 5.92 Å². The second-order valence-corrected chi connectivity index (χ2v) is 9.55. The highest BCUT2D eigenvalue weighted by Gasteiger charge is 2.35. The Labute approximate surface area is 212 Å². The molecule has 1 saturated carbocycles. The van der Waals surface area contributed by atoms with Crippen LogP contribution in [-0.2, 0) is 6.18 Å². The maximum absolute atomic E-state index is 13.2. The van der Waals surface area contributed by atoms with Crippen molar-refractivity contribution in [1.82, 2.24) is 15.3 Å². The molecular weight excluding hydrogens is 493 g/mol. The van der Waals surface area contributed by atoms with Gasteiger partial charge < -0.3 is 20.9 Å². The molecule has 0 spiro atoms. The molecule has 1 aromatic heterocycles. The first-order valence-electron chi connectivity index (χ1n) is 11.7. The Morgan fingerprint density at radius 3 is 2.47 bits per heavy atom. The van der Waals surface area contributed by atoms with Gasteiger partial charge in [-0.05, 0) is 55.9 Å². The number of fused-ring (bicyclic) bond motifs is 1. The molecule has 0 aliphatic heterocycles. The Balaban J connectivity index is 1.30. The van der Waals surface area contributed by atoms with Gasteiger partial charge in [-0.3, -0.25) is 0 Å². The molecule has 3 N–H and O–H groups in total. The van der Waals surface area contributed by atoms with Crippen molar-refractivity contribution in [3.05, 3.63) is 53.1 Å².